The van der Waals surface area contributed by atoms with Crippen LogP contribution < -0.4 is 5.32 Å². The second kappa shape index (κ2) is 8.71. The van der Waals surface area contributed by atoms with Gasteiger partial charge in [-0.25, -0.2) is 9.18 Å². The van der Waals surface area contributed by atoms with Gasteiger partial charge in [-0.1, -0.05) is 41.4 Å². The Bertz CT molecular complexity index is 762. The maximum absolute atomic E-state index is 13.0. The number of halogens is 3. The lowest BCUT2D eigenvalue weighted by molar-refractivity contribution is 0.135. The predicted molar refractivity (Wildman–Crippen MR) is 102 cm³/mol. The van der Waals surface area contributed by atoms with Crippen molar-refractivity contribution in [1.82, 2.24) is 15.1 Å². The first-order valence-electron chi connectivity index (χ1n) is 8.45. The van der Waals surface area contributed by atoms with Gasteiger partial charge in [0.25, 0.3) is 0 Å². The molecule has 1 fully saturated rings. The van der Waals surface area contributed by atoms with Crippen molar-refractivity contribution in [3.8, 4) is 0 Å². The second-order valence-electron chi connectivity index (χ2n) is 6.28. The minimum atomic E-state index is -0.226. The molecule has 3 rings (SSSR count). The number of carbonyl (C=O) groups is 1. The maximum Gasteiger partial charge on any atom is 0.317 e. The number of hydrogen-bond acceptors (Lipinski definition) is 2. The van der Waals surface area contributed by atoms with Gasteiger partial charge >= 0.3 is 6.03 Å². The van der Waals surface area contributed by atoms with Crippen LogP contribution in [0.4, 0.5) is 9.18 Å². The first-order valence-corrected chi connectivity index (χ1v) is 9.20. The highest BCUT2D eigenvalue weighted by Gasteiger charge is 2.21. The average molecular weight is 396 g/mol. The fraction of sp³-hybridized carbons (Fsp3) is 0.316. The van der Waals surface area contributed by atoms with Crippen molar-refractivity contribution in [3.63, 3.8) is 0 Å². The molecule has 1 heterocycles. The zero-order chi connectivity index (χ0) is 18.5. The summed E-state index contributed by atoms with van der Waals surface area (Å²) in [5.74, 6) is -0.226. The van der Waals surface area contributed by atoms with Gasteiger partial charge in [-0.05, 0) is 35.4 Å². The van der Waals surface area contributed by atoms with Gasteiger partial charge in [0, 0.05) is 49.3 Å². The Morgan fingerprint density at radius 2 is 1.73 bits per heavy atom. The molecule has 0 radical (unpaired) electrons. The van der Waals surface area contributed by atoms with Gasteiger partial charge in [0.15, 0.2) is 0 Å². The van der Waals surface area contributed by atoms with Crippen LogP contribution in [-0.4, -0.2) is 42.0 Å². The third-order valence-corrected chi connectivity index (χ3v) is 5.01. The average Bonchev–Trinajstić information content (AvgIpc) is 2.63. The van der Waals surface area contributed by atoms with Crippen molar-refractivity contribution in [1.29, 1.82) is 0 Å². The summed E-state index contributed by atoms with van der Waals surface area (Å²) in [6, 6.07) is 11.7. The molecule has 138 valence electrons. The number of hydrogen-bond donors (Lipinski definition) is 1. The molecule has 1 N–H and O–H groups in total. The van der Waals surface area contributed by atoms with E-state index in [1.165, 1.54) is 12.1 Å². The Morgan fingerprint density at radius 1 is 1.04 bits per heavy atom. The molecule has 0 unspecified atom stereocenters. The van der Waals surface area contributed by atoms with E-state index < -0.39 is 0 Å². The van der Waals surface area contributed by atoms with Crippen LogP contribution in [0.1, 0.15) is 11.1 Å². The van der Waals surface area contributed by atoms with E-state index in [1.807, 2.05) is 6.07 Å². The van der Waals surface area contributed by atoms with Gasteiger partial charge in [-0.3, -0.25) is 4.90 Å². The monoisotopic (exact) mass is 395 g/mol. The molecule has 4 nitrogen and oxygen atoms in total. The quantitative estimate of drug-likeness (QED) is 0.843. The molecule has 26 heavy (non-hydrogen) atoms. The number of carbonyl (C=O) groups excluding carboxylic acids is 1. The number of benzene rings is 2. The van der Waals surface area contributed by atoms with E-state index >= 15 is 0 Å². The van der Waals surface area contributed by atoms with Crippen molar-refractivity contribution in [2.75, 3.05) is 26.2 Å². The standard InChI is InChI=1S/C19H20Cl2FN3O/c20-16-4-3-15(18(21)11-16)12-23-19(26)25-9-7-24(8-10-25)13-14-1-5-17(22)6-2-14/h1-6,11H,7-10,12-13H2,(H,23,26). The molecule has 2 aromatic rings. The Labute approximate surface area is 162 Å². The highest BCUT2D eigenvalue weighted by atomic mass is 35.5. The summed E-state index contributed by atoms with van der Waals surface area (Å²) in [6.07, 6.45) is 0. The molecule has 7 heteroatoms. The number of nitrogens with one attached hydrogen (secondary N) is 1. The van der Waals surface area contributed by atoms with Crippen LogP contribution in [0.25, 0.3) is 0 Å². The molecule has 0 aliphatic carbocycles. The predicted octanol–water partition coefficient (Wildman–Crippen LogP) is 4.16. The summed E-state index contributed by atoms with van der Waals surface area (Å²) in [6.45, 7) is 4.00. The summed E-state index contributed by atoms with van der Waals surface area (Å²) in [5.41, 5.74) is 1.90. The van der Waals surface area contributed by atoms with E-state index in [0.717, 1.165) is 30.8 Å². The largest absolute Gasteiger partial charge is 0.334 e. The summed E-state index contributed by atoms with van der Waals surface area (Å²) in [4.78, 5) is 16.4. The van der Waals surface area contributed by atoms with Gasteiger partial charge in [0.1, 0.15) is 5.82 Å². The Balaban J connectivity index is 1.45. The summed E-state index contributed by atoms with van der Waals surface area (Å²) < 4.78 is 13.0. The Hall–Kier alpha value is -1.82. The molecular weight excluding hydrogens is 376 g/mol. The van der Waals surface area contributed by atoms with Gasteiger partial charge < -0.3 is 10.2 Å². The zero-order valence-corrected chi connectivity index (χ0v) is 15.7. The third kappa shape index (κ3) is 5.10. The summed E-state index contributed by atoms with van der Waals surface area (Å²) >= 11 is 12.0. The van der Waals surface area contributed by atoms with Crippen molar-refractivity contribution >= 4 is 29.2 Å². The molecule has 0 spiro atoms. The fourth-order valence-electron chi connectivity index (χ4n) is 2.90. The first kappa shape index (κ1) is 19.0. The van der Waals surface area contributed by atoms with E-state index in [0.29, 0.717) is 29.7 Å². The van der Waals surface area contributed by atoms with Gasteiger partial charge in [0.2, 0.25) is 0 Å². The molecule has 0 bridgehead atoms. The lowest BCUT2D eigenvalue weighted by atomic mass is 10.2. The first-order chi connectivity index (χ1) is 12.5. The molecule has 1 aliphatic heterocycles. The second-order valence-corrected chi connectivity index (χ2v) is 7.13. The van der Waals surface area contributed by atoms with Crippen molar-refractivity contribution in [2.45, 2.75) is 13.1 Å². The highest BCUT2D eigenvalue weighted by Crippen LogP contribution is 2.20. The van der Waals surface area contributed by atoms with Crippen LogP contribution >= 0.6 is 23.2 Å². The number of nitrogens with zero attached hydrogens (tertiary/aromatic N) is 2. The van der Waals surface area contributed by atoms with E-state index in [4.69, 9.17) is 23.2 Å². The van der Waals surface area contributed by atoms with E-state index in [2.05, 4.69) is 10.2 Å². The molecule has 2 aromatic carbocycles. The smallest absolute Gasteiger partial charge is 0.317 e. The molecule has 0 saturated carbocycles. The minimum absolute atomic E-state index is 0.0996. The van der Waals surface area contributed by atoms with Crippen LogP contribution in [0, 0.1) is 5.82 Å². The van der Waals surface area contributed by atoms with Crippen LogP contribution in [0.3, 0.4) is 0 Å². The number of piperazine rings is 1. The van der Waals surface area contributed by atoms with Crippen LogP contribution in [0.15, 0.2) is 42.5 Å². The molecular formula is C19H20Cl2FN3O. The van der Waals surface area contributed by atoms with Crippen LogP contribution in [0.5, 0.6) is 0 Å². The highest BCUT2D eigenvalue weighted by molar-refractivity contribution is 6.35. The zero-order valence-electron chi connectivity index (χ0n) is 14.2. The van der Waals surface area contributed by atoms with E-state index in [1.54, 1.807) is 29.2 Å². The van der Waals surface area contributed by atoms with E-state index in [-0.39, 0.29) is 11.8 Å². The molecule has 0 aromatic heterocycles. The fourth-order valence-corrected chi connectivity index (χ4v) is 3.38. The molecule has 2 amide bonds. The van der Waals surface area contributed by atoms with Crippen molar-refractivity contribution in [2.24, 2.45) is 0 Å². The van der Waals surface area contributed by atoms with Gasteiger partial charge in [0.05, 0.1) is 0 Å². The molecule has 0 atom stereocenters. The van der Waals surface area contributed by atoms with Gasteiger partial charge in [-0.2, -0.15) is 0 Å². The topological polar surface area (TPSA) is 35.6 Å². The molecule has 1 saturated heterocycles. The summed E-state index contributed by atoms with van der Waals surface area (Å²) in [5, 5.41) is 4.01. The van der Waals surface area contributed by atoms with Crippen molar-refractivity contribution < 1.29 is 9.18 Å². The number of amides is 2. The third-order valence-electron chi connectivity index (χ3n) is 4.42. The van der Waals surface area contributed by atoms with Crippen molar-refractivity contribution in [3.05, 3.63) is 69.5 Å². The lowest BCUT2D eigenvalue weighted by Crippen LogP contribution is -2.51. The normalized spacial score (nSPS) is 15.1. The van der Waals surface area contributed by atoms with E-state index in [9.17, 15) is 9.18 Å². The Morgan fingerprint density at radius 3 is 2.38 bits per heavy atom. The Kier molecular flexibility index (Phi) is 6.35. The minimum Gasteiger partial charge on any atom is -0.334 e. The number of urea groups is 1. The molecule has 1 aliphatic rings. The summed E-state index contributed by atoms with van der Waals surface area (Å²) in [7, 11) is 0. The van der Waals surface area contributed by atoms with Gasteiger partial charge in [-0.15, -0.1) is 0 Å². The number of rotatable bonds is 4. The SMILES string of the molecule is O=C(NCc1ccc(Cl)cc1Cl)N1CCN(Cc2ccc(F)cc2)CC1. The maximum atomic E-state index is 13.0. The lowest BCUT2D eigenvalue weighted by Gasteiger charge is -2.34. The van der Waals surface area contributed by atoms with Crippen LogP contribution in [-0.2, 0) is 13.1 Å². The van der Waals surface area contributed by atoms with Crippen LogP contribution in [0.2, 0.25) is 10.0 Å².